The second-order valence-corrected chi connectivity index (χ2v) is 40.0. The van der Waals surface area contributed by atoms with Gasteiger partial charge in [0.25, 0.3) is 0 Å². The van der Waals surface area contributed by atoms with E-state index < -0.39 is 194 Å². The molecule has 818 valence electrons. The molecule has 3 aromatic rings. The fourth-order valence-corrected chi connectivity index (χ4v) is 19.1. The van der Waals surface area contributed by atoms with E-state index in [2.05, 4.69) is 53.6 Å². The molecule has 0 spiro atoms. The summed E-state index contributed by atoms with van der Waals surface area (Å²) in [6.07, 6.45) is -3.35. The highest BCUT2D eigenvalue weighted by atomic mass is 32.2. The molecule has 8 amide bonds. The van der Waals surface area contributed by atoms with Crippen LogP contribution in [0.25, 0.3) is 0 Å². The van der Waals surface area contributed by atoms with Gasteiger partial charge in [-0.2, -0.15) is 26.3 Å². The third kappa shape index (κ3) is 39.5. The number of nitrogens with zero attached hydrogens (tertiary/aromatic N) is 3. The summed E-state index contributed by atoms with van der Waals surface area (Å²) in [5.74, 6) is 7.67. The van der Waals surface area contributed by atoms with Crippen LogP contribution in [0.5, 0.6) is 11.5 Å². The van der Waals surface area contributed by atoms with E-state index >= 15 is 0 Å². The van der Waals surface area contributed by atoms with Gasteiger partial charge in [0.15, 0.2) is 29.4 Å². The number of phenolic OH excluding ortho intramolecular Hbond substituents is 2. The van der Waals surface area contributed by atoms with Gasteiger partial charge in [-0.3, -0.25) is 38.4 Å². The first-order chi connectivity index (χ1) is 69.9. The Morgan fingerprint density at radius 3 is 1.60 bits per heavy atom. The number of aryl methyl sites for hydroxylation is 1. The maximum Gasteiger partial charge on any atom is 0.421 e. The molecule has 2 saturated carbocycles. The predicted octanol–water partition coefficient (Wildman–Crippen LogP) is 5.48. The number of amides is 8. The van der Waals surface area contributed by atoms with E-state index in [9.17, 15) is 114 Å². The quantitative estimate of drug-likeness (QED) is 0.00650. The molecule has 49 nitrogen and oxygen atoms in total. The summed E-state index contributed by atoms with van der Waals surface area (Å²) in [6, 6.07) is 8.41. The van der Waals surface area contributed by atoms with Crippen molar-refractivity contribution in [3.05, 3.63) is 87.0 Å². The normalized spacial score (nSPS) is 20.9. The number of primary amides is 1. The molecule has 0 radical (unpaired) electrons. The van der Waals surface area contributed by atoms with Gasteiger partial charge in [-0.25, -0.2) is 47.5 Å². The highest BCUT2D eigenvalue weighted by Gasteiger charge is 2.53. The number of ketones is 4. The fourth-order valence-electron chi connectivity index (χ4n) is 17.1. The number of alkyl carbamates (subject to hydrolysis) is 1. The largest absolute Gasteiger partial charge is 0.507 e. The number of esters is 3. The standard InChI is InChI=1S/C47H57N5O15.C24H37N3O11S.C23H36N4O11P2S.CH4/c1-21(2)38(48)30(54)15-25(8-6-14-50-45(49)62)44(61)51-26-12-10-24(11-13-26)20-65-46(63)52-29-16-33(66-23(4)39(29)56)67-31-18-47(64,32(55)19-53)17-28-35(31)43(60)37-36(41(28)58)40(57)27-9-5-7-22(3)34(27)42(37)59;1-18(28)35-13-10-27(11-14-36-19(2)29)24(31)37-16-15-34-12-9-25-39(32,33)26-23(30)38-17-22-20-7-5-3-4-6-8-21(20)22;1-17(28)35-12-9-27(10-13-37-23(31)40-26-39)22(30)36-15-14-34-11-8-24-41(32,33)25-21(29)38-16-20-18-6-4-2-3-5-7-19(18)20;/h5,7,9-13,21,23,25,29,31,33,38-39,53,56,58,60,64H,6,8,14-20,48H2,1-4H3,(H,51,61)(H,52,63)(H3,49,50,62);20-22,25H,5-17H2,1-2H3,(H,26,30);18-20,24H,4-16,39H2,1H3,(H,25,29);1H4/t23-,25+,29-,31-,33-,38-,39+,47-;20-,21+,22?;18-,19+,20?;/m0.../s1. The number of nitrogens with one attached hydrogen (secondary N) is 7. The first-order valence-electron chi connectivity index (χ1n) is 47.6. The summed E-state index contributed by atoms with van der Waals surface area (Å²) in [7, 11) is -6.15. The number of hydrogen-bond donors (Lipinski definition) is 14. The third-order valence-electron chi connectivity index (χ3n) is 24.8. The highest BCUT2D eigenvalue weighted by Crippen LogP contribution is 2.55. The number of rotatable bonds is 50. The Morgan fingerprint density at radius 2 is 1.13 bits per heavy atom. The Kier molecular flexibility index (Phi) is 50.4. The van der Waals surface area contributed by atoms with Crippen molar-refractivity contribution in [2.24, 2.45) is 63.3 Å². The molecule has 15 atom stereocenters. The average Bonchev–Trinajstić information content (AvgIpc) is 1.64. The first kappa shape index (κ1) is 123. The average molecular weight is 2160 g/mol. The van der Waals surface area contributed by atoms with Crippen LogP contribution >= 0.6 is 17.8 Å². The zero-order valence-corrected chi connectivity index (χ0v) is 86.2. The van der Waals surface area contributed by atoms with Crippen molar-refractivity contribution < 1.29 is 176 Å². The van der Waals surface area contributed by atoms with Gasteiger partial charge in [-0.1, -0.05) is 51.6 Å². The number of nitrogens with two attached hydrogens (primary N) is 2. The van der Waals surface area contributed by atoms with E-state index in [1.54, 1.807) is 66.6 Å². The second kappa shape index (κ2) is 60.6. The van der Waals surface area contributed by atoms with Gasteiger partial charge in [-0.05, 0) is 126 Å². The summed E-state index contributed by atoms with van der Waals surface area (Å²) < 4.78 is 127. The van der Waals surface area contributed by atoms with Crippen molar-refractivity contribution in [2.75, 3.05) is 137 Å². The molecule has 16 N–H and O–H groups in total. The number of fused-ring (bicyclic) bond motifs is 5. The number of aliphatic hydroxyl groups is 3. The molecule has 53 heteroatoms. The molecule has 1 aliphatic heterocycles. The minimum Gasteiger partial charge on any atom is -0.507 e. The summed E-state index contributed by atoms with van der Waals surface area (Å²) >= 11 is 0. The van der Waals surface area contributed by atoms with Crippen LogP contribution in [0.1, 0.15) is 193 Å². The lowest BCUT2D eigenvalue weighted by molar-refractivity contribution is -0.249. The molecule has 3 fully saturated rings. The molecule has 1 heterocycles. The van der Waals surface area contributed by atoms with E-state index in [0.29, 0.717) is 46.9 Å². The molecule has 148 heavy (non-hydrogen) atoms. The van der Waals surface area contributed by atoms with Crippen molar-refractivity contribution in [3.63, 3.8) is 0 Å². The van der Waals surface area contributed by atoms with Crippen LogP contribution in [-0.2, 0) is 124 Å². The molecular weight excluding hydrogens is 2030 g/mol. The van der Waals surface area contributed by atoms with Crippen molar-refractivity contribution in [1.29, 1.82) is 0 Å². The topological polar surface area (TPSA) is 701 Å². The van der Waals surface area contributed by atoms with Gasteiger partial charge < -0.3 is 124 Å². The number of phenols is 2. The van der Waals surface area contributed by atoms with Gasteiger partial charge >= 0.3 is 80.5 Å². The Balaban J connectivity index is 0.000000317. The third-order valence-corrected chi connectivity index (χ3v) is 27.6. The van der Waals surface area contributed by atoms with Crippen LogP contribution < -0.4 is 46.3 Å². The molecule has 1 saturated heterocycles. The van der Waals surface area contributed by atoms with E-state index in [1.807, 2.05) is 9.39 Å². The van der Waals surface area contributed by atoms with Gasteiger partial charge in [-0.15, -0.1) is 23.7 Å². The summed E-state index contributed by atoms with van der Waals surface area (Å²) in [5, 5.41) is 63.7. The molecule has 3 unspecified atom stereocenters. The monoisotopic (exact) mass is 2160 g/mol. The maximum atomic E-state index is 13.9. The van der Waals surface area contributed by atoms with Crippen LogP contribution in [0.15, 0.2) is 47.0 Å². The minimum absolute atomic E-state index is 0. The minimum atomic E-state index is -4.14. The lowest BCUT2D eigenvalue weighted by Crippen LogP contribution is -2.56. The Hall–Kier alpha value is -11.9. The van der Waals surface area contributed by atoms with Crippen LogP contribution in [0, 0.1) is 77.9 Å². The van der Waals surface area contributed by atoms with Crippen molar-refractivity contribution in [3.8, 4) is 35.2 Å². The number of aromatic hydroxyl groups is 2. The molecule has 10 rings (SSSR count). The summed E-state index contributed by atoms with van der Waals surface area (Å²) in [5.41, 5.74) is 8.13. The Morgan fingerprint density at radius 1 is 0.635 bits per heavy atom. The predicted molar refractivity (Wildman–Crippen MR) is 528 cm³/mol. The SMILES string of the molecule is C.CC(=O)OCCN(CCOC(=O)P=NP)C(=O)OCCOCCNS(=O)(=O)NC(=O)OCC1[C@H]2CCC#CCC[C@@H]12.CC(=O)OCCN(CCOC(C)=O)C(=O)OCCOCCNS(=O)(=O)NC(=O)OCC1[C@H]2CCC#CCC[C@@H]12.Cc1cccc2c1C(=O)c1c(O)c3c(c(O)c1C2=O)C[C@@](O)(C(=O)CO)C[C@@H]3O[C@H]1C[C@H](NC(=O)OCc2ccc(NC(=O)[C@H](CCCNC(N)=O)CC(=O)[C@@H](N)C(C)C)cc2)[C@H](O)[C@H](C)O1. The zero-order valence-electron chi connectivity index (χ0n) is 82.5. The molecule has 0 bridgehead atoms. The molecule has 0 aromatic heterocycles. The number of ether oxygens (including phenoxy) is 13. The number of carbonyl (C=O) groups is 15. The Labute approximate surface area is 861 Å². The van der Waals surface area contributed by atoms with Crippen LogP contribution in [0.4, 0.5) is 39.2 Å². The number of carbonyl (C=O) groups excluding carboxylic acids is 15. The van der Waals surface area contributed by atoms with E-state index in [0.717, 1.165) is 51.4 Å². The lowest BCUT2D eigenvalue weighted by Gasteiger charge is -2.42. The van der Waals surface area contributed by atoms with E-state index in [-0.39, 0.29) is 213 Å². The molecule has 3 aromatic carbocycles. The van der Waals surface area contributed by atoms with Gasteiger partial charge in [0.05, 0.1) is 101 Å². The molecule has 7 aliphatic rings. The number of hydrogen-bond acceptors (Lipinski definition) is 39. The summed E-state index contributed by atoms with van der Waals surface area (Å²) in [6.45, 7) is 8.64. The smallest absolute Gasteiger partial charge is 0.421 e. The fraction of sp³-hybridized carbons (Fsp3) is 0.611. The summed E-state index contributed by atoms with van der Waals surface area (Å²) in [4.78, 5) is 186. The number of aliphatic hydroxyl groups excluding tert-OH is 2. The van der Waals surface area contributed by atoms with Crippen molar-refractivity contribution >= 4 is 133 Å². The second-order valence-electron chi connectivity index (χ2n) is 35.5. The van der Waals surface area contributed by atoms with Gasteiger partial charge in [0, 0.05) is 126 Å². The lowest BCUT2D eigenvalue weighted by atomic mass is 9.71. The van der Waals surface area contributed by atoms with Crippen molar-refractivity contribution in [1.82, 2.24) is 39.3 Å². The molecule has 6 aliphatic carbocycles. The maximum absolute atomic E-state index is 13.9. The number of benzene rings is 3. The van der Waals surface area contributed by atoms with Crippen LogP contribution in [0.2, 0.25) is 0 Å². The Bertz CT molecular complexity index is 5490. The number of urea groups is 1. The van der Waals surface area contributed by atoms with Gasteiger partial charge in [0.1, 0.15) is 84.4 Å². The number of anilines is 1. The van der Waals surface area contributed by atoms with Crippen LogP contribution in [-0.4, -0.2) is 309 Å². The van der Waals surface area contributed by atoms with Crippen LogP contribution in [0.3, 0.4) is 0 Å². The first-order valence-corrected chi connectivity index (χ1v) is 52.0. The van der Waals surface area contributed by atoms with Gasteiger partial charge in [0.2, 0.25) is 5.91 Å². The van der Waals surface area contributed by atoms with E-state index in [4.69, 9.17) is 73.0 Å². The molecular formula is C95H134N12O37P2S2. The highest BCUT2D eigenvalue weighted by molar-refractivity contribution is 7.88. The van der Waals surface area contributed by atoms with E-state index in [1.165, 1.54) is 43.6 Å². The van der Waals surface area contributed by atoms with Crippen molar-refractivity contribution in [2.45, 2.75) is 195 Å². The zero-order chi connectivity index (χ0) is 108. The number of Topliss-reactive ketones (excluding diaryl/α,β-unsaturated/α-hetero) is 2.